The number of amides is 1. The molecule has 7 nitrogen and oxygen atoms in total. The fraction of sp³-hybridized carbons (Fsp3) is 0.333. The number of aromatic carboxylic acids is 1. The third-order valence-electron chi connectivity index (χ3n) is 4.78. The Hall–Kier alpha value is -3.22. The molecule has 1 aliphatic rings. The summed E-state index contributed by atoms with van der Waals surface area (Å²) in [6, 6.07) is 11.5. The maximum absolute atomic E-state index is 12.6. The highest BCUT2D eigenvalue weighted by Gasteiger charge is 2.26. The Morgan fingerprint density at radius 2 is 1.46 bits per heavy atom. The van der Waals surface area contributed by atoms with Gasteiger partial charge in [0.1, 0.15) is 6.10 Å². The van der Waals surface area contributed by atoms with Crippen LogP contribution in [0, 0.1) is 0 Å². The second kappa shape index (κ2) is 8.65. The van der Waals surface area contributed by atoms with Crippen molar-refractivity contribution in [3.8, 4) is 17.2 Å². The molecule has 2 aromatic rings. The SMILES string of the molecule is COc1cccc(OC)c1OC1CCN(C(=O)c2ccc(C(=O)O)cc2)CC1. The lowest BCUT2D eigenvalue weighted by molar-refractivity contribution is 0.0583. The summed E-state index contributed by atoms with van der Waals surface area (Å²) < 4.78 is 16.8. The molecule has 148 valence electrons. The third-order valence-corrected chi connectivity index (χ3v) is 4.78. The summed E-state index contributed by atoms with van der Waals surface area (Å²) in [6.45, 7) is 1.11. The number of likely N-dealkylation sites (tertiary alicyclic amines) is 1. The molecule has 0 radical (unpaired) electrons. The summed E-state index contributed by atoms with van der Waals surface area (Å²) in [5.74, 6) is 0.670. The Kier molecular flexibility index (Phi) is 6.03. The molecule has 1 heterocycles. The summed E-state index contributed by atoms with van der Waals surface area (Å²) >= 11 is 0. The molecule has 0 aromatic heterocycles. The summed E-state index contributed by atoms with van der Waals surface area (Å²) in [4.78, 5) is 25.3. The van der Waals surface area contributed by atoms with Gasteiger partial charge in [-0.3, -0.25) is 4.79 Å². The molecule has 1 aliphatic heterocycles. The van der Waals surface area contributed by atoms with Gasteiger partial charge in [-0.15, -0.1) is 0 Å². The van der Waals surface area contributed by atoms with Gasteiger partial charge in [-0.25, -0.2) is 4.79 Å². The molecule has 0 unspecified atom stereocenters. The lowest BCUT2D eigenvalue weighted by Gasteiger charge is -2.32. The number of benzene rings is 2. The first kappa shape index (κ1) is 19.5. The van der Waals surface area contributed by atoms with E-state index >= 15 is 0 Å². The van der Waals surface area contributed by atoms with Crippen LogP contribution in [0.2, 0.25) is 0 Å². The number of hydrogen-bond donors (Lipinski definition) is 1. The molecule has 28 heavy (non-hydrogen) atoms. The zero-order chi connectivity index (χ0) is 20.1. The average molecular weight is 385 g/mol. The fourth-order valence-electron chi connectivity index (χ4n) is 3.21. The number of rotatable bonds is 6. The normalized spacial score (nSPS) is 14.4. The first-order valence-electron chi connectivity index (χ1n) is 9.03. The van der Waals surface area contributed by atoms with Crippen molar-refractivity contribution < 1.29 is 28.9 Å². The molecule has 2 aromatic carbocycles. The molecular weight excluding hydrogens is 362 g/mol. The van der Waals surface area contributed by atoms with Crippen LogP contribution in [-0.4, -0.2) is 55.3 Å². The van der Waals surface area contributed by atoms with Crippen molar-refractivity contribution in [3.63, 3.8) is 0 Å². The second-order valence-electron chi connectivity index (χ2n) is 6.48. The van der Waals surface area contributed by atoms with Crippen LogP contribution in [0.25, 0.3) is 0 Å². The van der Waals surface area contributed by atoms with E-state index < -0.39 is 5.97 Å². The lowest BCUT2D eigenvalue weighted by atomic mass is 10.1. The van der Waals surface area contributed by atoms with E-state index in [1.807, 2.05) is 18.2 Å². The maximum Gasteiger partial charge on any atom is 0.335 e. The number of ether oxygens (including phenoxy) is 3. The Morgan fingerprint density at radius 1 is 0.929 bits per heavy atom. The van der Waals surface area contributed by atoms with E-state index in [9.17, 15) is 9.59 Å². The van der Waals surface area contributed by atoms with E-state index in [0.29, 0.717) is 48.7 Å². The van der Waals surface area contributed by atoms with E-state index in [4.69, 9.17) is 19.3 Å². The number of carbonyl (C=O) groups is 2. The van der Waals surface area contributed by atoms with Crippen molar-refractivity contribution in [1.29, 1.82) is 0 Å². The highest BCUT2D eigenvalue weighted by molar-refractivity contribution is 5.96. The number of carboxylic acid groups (broad SMARTS) is 1. The van der Waals surface area contributed by atoms with Crippen molar-refractivity contribution in [2.45, 2.75) is 18.9 Å². The summed E-state index contributed by atoms with van der Waals surface area (Å²) in [7, 11) is 3.16. The minimum Gasteiger partial charge on any atom is -0.493 e. The van der Waals surface area contributed by atoms with Gasteiger partial charge in [-0.05, 0) is 36.4 Å². The van der Waals surface area contributed by atoms with Gasteiger partial charge in [0.2, 0.25) is 5.75 Å². The maximum atomic E-state index is 12.6. The monoisotopic (exact) mass is 385 g/mol. The van der Waals surface area contributed by atoms with E-state index in [-0.39, 0.29) is 17.6 Å². The number of para-hydroxylation sites is 1. The van der Waals surface area contributed by atoms with Crippen molar-refractivity contribution in [1.82, 2.24) is 4.90 Å². The number of nitrogens with zero attached hydrogens (tertiary/aromatic N) is 1. The van der Waals surface area contributed by atoms with E-state index in [0.717, 1.165) is 0 Å². The van der Waals surface area contributed by atoms with Gasteiger partial charge in [0, 0.05) is 31.5 Å². The summed E-state index contributed by atoms with van der Waals surface area (Å²) in [5, 5.41) is 8.96. The van der Waals surface area contributed by atoms with Crippen LogP contribution in [0.4, 0.5) is 0 Å². The predicted molar refractivity (Wildman–Crippen MR) is 103 cm³/mol. The van der Waals surface area contributed by atoms with Crippen LogP contribution in [0.5, 0.6) is 17.2 Å². The molecule has 1 saturated heterocycles. The zero-order valence-corrected chi connectivity index (χ0v) is 15.9. The second-order valence-corrected chi connectivity index (χ2v) is 6.48. The first-order valence-corrected chi connectivity index (χ1v) is 9.03. The zero-order valence-electron chi connectivity index (χ0n) is 15.9. The van der Waals surface area contributed by atoms with Crippen LogP contribution in [0.1, 0.15) is 33.6 Å². The Morgan fingerprint density at radius 3 is 1.96 bits per heavy atom. The predicted octanol–water partition coefficient (Wildman–Crippen LogP) is 3.09. The molecule has 3 rings (SSSR count). The number of methoxy groups -OCH3 is 2. The molecule has 0 bridgehead atoms. The molecule has 0 saturated carbocycles. The van der Waals surface area contributed by atoms with E-state index in [2.05, 4.69) is 0 Å². The Labute approximate surface area is 163 Å². The van der Waals surface area contributed by atoms with Gasteiger partial charge in [0.05, 0.1) is 19.8 Å². The molecule has 0 spiro atoms. The number of piperidine rings is 1. The Bertz CT molecular complexity index is 818. The van der Waals surface area contributed by atoms with Crippen molar-refractivity contribution in [3.05, 3.63) is 53.6 Å². The van der Waals surface area contributed by atoms with Crippen LogP contribution in [0.3, 0.4) is 0 Å². The number of carboxylic acids is 1. The van der Waals surface area contributed by atoms with Crippen molar-refractivity contribution in [2.75, 3.05) is 27.3 Å². The number of carbonyl (C=O) groups excluding carboxylic acids is 1. The molecule has 1 amide bonds. The minimum absolute atomic E-state index is 0.0522. The smallest absolute Gasteiger partial charge is 0.335 e. The molecule has 1 N–H and O–H groups in total. The first-order chi connectivity index (χ1) is 13.5. The van der Waals surface area contributed by atoms with Gasteiger partial charge in [-0.2, -0.15) is 0 Å². The molecule has 0 atom stereocenters. The minimum atomic E-state index is -1.01. The van der Waals surface area contributed by atoms with Crippen molar-refractivity contribution in [2.24, 2.45) is 0 Å². The van der Waals surface area contributed by atoms with Crippen LogP contribution >= 0.6 is 0 Å². The molecule has 1 fully saturated rings. The van der Waals surface area contributed by atoms with Gasteiger partial charge >= 0.3 is 5.97 Å². The fourth-order valence-corrected chi connectivity index (χ4v) is 3.21. The quantitative estimate of drug-likeness (QED) is 0.823. The van der Waals surface area contributed by atoms with Gasteiger partial charge in [-0.1, -0.05) is 6.07 Å². The van der Waals surface area contributed by atoms with E-state index in [1.54, 1.807) is 31.3 Å². The topological polar surface area (TPSA) is 85.3 Å². The van der Waals surface area contributed by atoms with Crippen LogP contribution in [0.15, 0.2) is 42.5 Å². The molecule has 0 aliphatic carbocycles. The lowest BCUT2D eigenvalue weighted by Crippen LogP contribution is -2.41. The molecular formula is C21H23NO6. The highest BCUT2D eigenvalue weighted by Crippen LogP contribution is 2.38. The average Bonchev–Trinajstić information content (AvgIpc) is 2.74. The highest BCUT2D eigenvalue weighted by atomic mass is 16.5. The third kappa shape index (κ3) is 4.19. The molecule has 7 heteroatoms. The van der Waals surface area contributed by atoms with Gasteiger partial charge in [0.25, 0.3) is 5.91 Å². The standard InChI is InChI=1S/C21H23NO6/c1-26-17-4-3-5-18(27-2)19(17)28-16-10-12-22(13-11-16)20(23)14-6-8-15(9-7-14)21(24)25/h3-9,16H,10-13H2,1-2H3,(H,24,25). The van der Waals surface area contributed by atoms with E-state index in [1.165, 1.54) is 12.1 Å². The van der Waals surface area contributed by atoms with Crippen LogP contribution < -0.4 is 14.2 Å². The Balaban J connectivity index is 1.62. The largest absolute Gasteiger partial charge is 0.493 e. The number of hydrogen-bond acceptors (Lipinski definition) is 5. The van der Waals surface area contributed by atoms with Crippen molar-refractivity contribution >= 4 is 11.9 Å². The summed E-state index contributed by atoms with van der Waals surface area (Å²) in [5.41, 5.74) is 0.644. The summed E-state index contributed by atoms with van der Waals surface area (Å²) in [6.07, 6.45) is 1.31. The van der Waals surface area contributed by atoms with Gasteiger partial charge < -0.3 is 24.2 Å². The van der Waals surface area contributed by atoms with Crippen LogP contribution in [-0.2, 0) is 0 Å². The van der Waals surface area contributed by atoms with Gasteiger partial charge in [0.15, 0.2) is 11.5 Å².